The predicted octanol–water partition coefficient (Wildman–Crippen LogP) is 2.85. The van der Waals surface area contributed by atoms with Crippen LogP contribution in [0.1, 0.15) is 15.2 Å². The predicted molar refractivity (Wildman–Crippen MR) is 121 cm³/mol. The molecule has 12 heteroatoms. The first kappa shape index (κ1) is 22.7. The first-order valence-electron chi connectivity index (χ1n) is 10.1. The summed E-state index contributed by atoms with van der Waals surface area (Å²) in [5.41, 5.74) is 2.97. The molecule has 174 valence electrons. The van der Waals surface area contributed by atoms with Crippen molar-refractivity contribution in [1.82, 2.24) is 9.97 Å². The number of nitrogens with one attached hydrogen (secondary N) is 3. The number of aliphatic hydroxyl groups is 1. The molecule has 0 saturated carbocycles. The molecule has 4 N–H and O–H groups in total. The minimum absolute atomic E-state index is 0.00765. The second-order valence-corrected chi connectivity index (χ2v) is 7.68. The Morgan fingerprint density at radius 1 is 1.15 bits per heavy atom. The smallest absolute Gasteiger partial charge is 0.397 e. The van der Waals surface area contributed by atoms with Crippen LogP contribution in [0, 0.1) is 0 Å². The number of nitrogens with zero attached hydrogens (tertiary/aromatic N) is 2. The van der Waals surface area contributed by atoms with E-state index in [0.717, 1.165) is 5.56 Å². The van der Waals surface area contributed by atoms with Crippen molar-refractivity contribution in [3.05, 3.63) is 52.5 Å². The van der Waals surface area contributed by atoms with Gasteiger partial charge in [0, 0.05) is 31.0 Å². The lowest BCUT2D eigenvalue weighted by Crippen LogP contribution is -2.14. The number of amides is 1. The van der Waals surface area contributed by atoms with E-state index in [1.54, 1.807) is 17.8 Å². The standard InChI is InChI=1S/C21H22FN5O5S/c22-21-31-15-2-1-14(10-16(15)32-21)27-20(29)18-19(26-12-33-18)25-11-13-3-4-23-17(9-13)24-5-7-30-8-6-28/h1-4,9-10,12,21,25,28H,5-8,11H2,(H,23,24)(H,27,29). The molecule has 10 nitrogen and oxygen atoms in total. The van der Waals surface area contributed by atoms with E-state index in [2.05, 4.69) is 25.9 Å². The van der Waals surface area contributed by atoms with Crippen LogP contribution in [0.5, 0.6) is 11.5 Å². The Morgan fingerprint density at radius 2 is 2.03 bits per heavy atom. The molecular weight excluding hydrogens is 453 g/mol. The van der Waals surface area contributed by atoms with Crippen LogP contribution >= 0.6 is 11.3 Å². The van der Waals surface area contributed by atoms with Crippen molar-refractivity contribution in [2.45, 2.75) is 13.1 Å². The van der Waals surface area contributed by atoms with Gasteiger partial charge in [0.15, 0.2) is 11.5 Å². The van der Waals surface area contributed by atoms with E-state index in [1.165, 1.54) is 23.5 Å². The number of thiazole rings is 1. The van der Waals surface area contributed by atoms with Gasteiger partial charge in [-0.1, -0.05) is 0 Å². The van der Waals surface area contributed by atoms with Crippen LogP contribution in [0.25, 0.3) is 0 Å². The quantitative estimate of drug-likeness (QED) is 0.310. The summed E-state index contributed by atoms with van der Waals surface area (Å²) in [6.07, 6.45) is 1.68. The van der Waals surface area contributed by atoms with E-state index >= 15 is 0 Å². The van der Waals surface area contributed by atoms with Gasteiger partial charge < -0.3 is 35.3 Å². The van der Waals surface area contributed by atoms with Crippen LogP contribution in [0.2, 0.25) is 0 Å². The number of hydrogen-bond acceptors (Lipinski definition) is 10. The highest BCUT2D eigenvalue weighted by atomic mass is 32.1. The van der Waals surface area contributed by atoms with Crippen LogP contribution < -0.4 is 25.4 Å². The molecular formula is C21H22FN5O5S. The Hall–Kier alpha value is -3.48. The molecule has 1 aliphatic heterocycles. The maximum atomic E-state index is 13.2. The second-order valence-electron chi connectivity index (χ2n) is 6.82. The summed E-state index contributed by atoms with van der Waals surface area (Å²) in [4.78, 5) is 21.7. The number of carbonyl (C=O) groups excluding carboxylic acids is 1. The summed E-state index contributed by atoms with van der Waals surface area (Å²) in [5, 5.41) is 17.8. The Morgan fingerprint density at radius 3 is 2.91 bits per heavy atom. The van der Waals surface area contributed by atoms with Gasteiger partial charge in [-0.25, -0.2) is 9.97 Å². The van der Waals surface area contributed by atoms with Crippen molar-refractivity contribution in [3.8, 4) is 11.5 Å². The highest BCUT2D eigenvalue weighted by molar-refractivity contribution is 7.12. The van der Waals surface area contributed by atoms with Gasteiger partial charge in [0.1, 0.15) is 16.5 Å². The molecule has 0 aliphatic carbocycles. The number of aliphatic hydroxyl groups excluding tert-OH is 1. The summed E-state index contributed by atoms with van der Waals surface area (Å²) in [5.74, 6) is 1.30. The summed E-state index contributed by atoms with van der Waals surface area (Å²) >= 11 is 1.20. The second kappa shape index (κ2) is 10.9. The Kier molecular flexibility index (Phi) is 7.50. The molecule has 3 heterocycles. The SMILES string of the molecule is O=C(Nc1ccc2c(c1)OC(F)O2)c1scnc1NCc1ccnc(NCCOCCO)c1. The van der Waals surface area contributed by atoms with Gasteiger partial charge in [-0.3, -0.25) is 4.79 Å². The third-order valence-electron chi connectivity index (χ3n) is 4.49. The van der Waals surface area contributed by atoms with E-state index in [0.29, 0.717) is 48.5 Å². The number of rotatable bonds is 11. The zero-order valence-corrected chi connectivity index (χ0v) is 18.2. The number of halogens is 1. The van der Waals surface area contributed by atoms with Gasteiger partial charge in [0.2, 0.25) is 0 Å². The molecule has 0 radical (unpaired) electrons. The number of hydrogen-bond donors (Lipinski definition) is 4. The summed E-state index contributed by atoms with van der Waals surface area (Å²) < 4.78 is 28.1. The normalized spacial score (nSPS) is 14.2. The third-order valence-corrected chi connectivity index (χ3v) is 5.31. The molecule has 1 amide bonds. The van der Waals surface area contributed by atoms with Crippen molar-refractivity contribution in [2.24, 2.45) is 0 Å². The first-order chi connectivity index (χ1) is 16.1. The Balaban J connectivity index is 1.32. The topological polar surface area (TPSA) is 127 Å². The lowest BCUT2D eigenvalue weighted by Gasteiger charge is -2.10. The molecule has 1 aromatic carbocycles. The summed E-state index contributed by atoms with van der Waals surface area (Å²) in [6.45, 7) is -0.0933. The molecule has 33 heavy (non-hydrogen) atoms. The highest BCUT2D eigenvalue weighted by Crippen LogP contribution is 2.37. The summed E-state index contributed by atoms with van der Waals surface area (Å²) in [6, 6.07) is 8.38. The van der Waals surface area contributed by atoms with E-state index in [9.17, 15) is 9.18 Å². The molecule has 1 aliphatic rings. The van der Waals surface area contributed by atoms with Crippen molar-refractivity contribution >= 4 is 34.6 Å². The van der Waals surface area contributed by atoms with Gasteiger partial charge >= 0.3 is 6.54 Å². The fraction of sp³-hybridized carbons (Fsp3) is 0.286. The molecule has 0 fully saturated rings. The van der Waals surface area contributed by atoms with Crippen LogP contribution in [-0.2, 0) is 11.3 Å². The average molecular weight is 476 g/mol. The largest absolute Gasteiger partial charge is 0.425 e. The lowest BCUT2D eigenvalue weighted by atomic mass is 10.2. The minimum atomic E-state index is -1.84. The number of anilines is 3. The lowest BCUT2D eigenvalue weighted by molar-refractivity contribution is -0.0651. The molecule has 0 saturated heterocycles. The fourth-order valence-corrected chi connectivity index (χ4v) is 3.66. The first-order valence-corrected chi connectivity index (χ1v) is 11.0. The third kappa shape index (κ3) is 6.06. The Labute approximate surface area is 192 Å². The number of aromatic nitrogens is 2. The van der Waals surface area contributed by atoms with Crippen LogP contribution in [0.3, 0.4) is 0 Å². The summed E-state index contributed by atoms with van der Waals surface area (Å²) in [7, 11) is 0. The monoisotopic (exact) mass is 475 g/mol. The molecule has 1 atom stereocenters. The maximum absolute atomic E-state index is 13.2. The zero-order valence-electron chi connectivity index (χ0n) is 17.4. The molecule has 3 aromatic rings. The number of pyridine rings is 1. The van der Waals surface area contributed by atoms with Crippen LogP contribution in [0.4, 0.5) is 21.7 Å². The number of alkyl halides is 1. The van der Waals surface area contributed by atoms with Gasteiger partial charge in [-0.2, -0.15) is 4.39 Å². The van der Waals surface area contributed by atoms with E-state index < -0.39 is 6.54 Å². The van der Waals surface area contributed by atoms with Crippen molar-refractivity contribution in [1.29, 1.82) is 0 Å². The van der Waals surface area contributed by atoms with E-state index in [-0.39, 0.29) is 24.0 Å². The van der Waals surface area contributed by atoms with Crippen molar-refractivity contribution in [2.75, 3.05) is 42.3 Å². The fourth-order valence-electron chi connectivity index (χ4n) is 3.00. The van der Waals surface area contributed by atoms with Gasteiger partial charge in [-0.15, -0.1) is 11.3 Å². The van der Waals surface area contributed by atoms with E-state index in [4.69, 9.17) is 19.3 Å². The van der Waals surface area contributed by atoms with Crippen LogP contribution in [-0.4, -0.2) is 53.9 Å². The number of carbonyl (C=O) groups is 1. The highest BCUT2D eigenvalue weighted by Gasteiger charge is 2.24. The zero-order chi connectivity index (χ0) is 23.0. The number of fused-ring (bicyclic) bond motifs is 1. The van der Waals surface area contributed by atoms with Crippen molar-refractivity contribution in [3.63, 3.8) is 0 Å². The average Bonchev–Trinajstić information content (AvgIpc) is 3.43. The van der Waals surface area contributed by atoms with Gasteiger partial charge in [0.25, 0.3) is 5.91 Å². The van der Waals surface area contributed by atoms with Gasteiger partial charge in [-0.05, 0) is 29.8 Å². The van der Waals surface area contributed by atoms with Crippen LogP contribution in [0.15, 0.2) is 42.0 Å². The number of benzene rings is 1. The van der Waals surface area contributed by atoms with E-state index in [1.807, 2.05) is 12.1 Å². The van der Waals surface area contributed by atoms with Gasteiger partial charge in [0.05, 0.1) is 25.3 Å². The van der Waals surface area contributed by atoms with Crippen molar-refractivity contribution < 1.29 is 28.5 Å². The maximum Gasteiger partial charge on any atom is 0.397 e. The number of ether oxygens (including phenoxy) is 3. The molecule has 0 bridgehead atoms. The molecule has 2 aromatic heterocycles. The molecule has 1 unspecified atom stereocenters. The Bertz CT molecular complexity index is 1100. The minimum Gasteiger partial charge on any atom is -0.425 e. The molecule has 0 spiro atoms. The molecule has 4 rings (SSSR count).